The number of hydrogen-bond donors (Lipinski definition) is 1. The summed E-state index contributed by atoms with van der Waals surface area (Å²) in [5, 5.41) is 2.79. The third-order valence-corrected chi connectivity index (χ3v) is 4.45. The van der Waals surface area contributed by atoms with Gasteiger partial charge in [-0.1, -0.05) is 15.9 Å². The molecule has 1 N–H and O–H groups in total. The molecule has 2 aromatic rings. The number of benzene rings is 1. The van der Waals surface area contributed by atoms with Crippen LogP contribution < -0.4 is 10.2 Å². The van der Waals surface area contributed by atoms with Gasteiger partial charge in [0.05, 0.1) is 11.9 Å². The van der Waals surface area contributed by atoms with Gasteiger partial charge >= 0.3 is 0 Å². The van der Waals surface area contributed by atoms with E-state index in [0.717, 1.165) is 29.7 Å². The minimum absolute atomic E-state index is 0.192. The maximum Gasteiger partial charge on any atom is 0.256 e. The van der Waals surface area contributed by atoms with Crippen LogP contribution in [0, 0.1) is 0 Å². The molecular weight excluding hydrogens is 372 g/mol. The molecule has 1 aliphatic heterocycles. The van der Waals surface area contributed by atoms with E-state index in [-0.39, 0.29) is 5.91 Å². The molecule has 1 fully saturated rings. The molecule has 24 heavy (non-hydrogen) atoms. The van der Waals surface area contributed by atoms with Crippen molar-refractivity contribution in [3.63, 3.8) is 0 Å². The van der Waals surface area contributed by atoms with Gasteiger partial charge in [0.25, 0.3) is 5.91 Å². The predicted octanol–water partition coefficient (Wildman–Crippen LogP) is 2.37. The lowest BCUT2D eigenvalue weighted by molar-refractivity contribution is -0.118. The summed E-state index contributed by atoms with van der Waals surface area (Å²) >= 11 is 3.34. The zero-order chi connectivity index (χ0) is 16.9. The average molecular weight is 389 g/mol. The van der Waals surface area contributed by atoms with E-state index in [9.17, 15) is 9.59 Å². The normalized spacial score (nSPS) is 14.4. The van der Waals surface area contributed by atoms with Gasteiger partial charge in [-0.3, -0.25) is 9.59 Å². The molecule has 1 aliphatic rings. The number of amides is 2. The first-order valence-electron chi connectivity index (χ1n) is 7.63. The Bertz CT molecular complexity index is 710. The molecule has 0 spiro atoms. The largest absolute Gasteiger partial charge is 0.367 e. The number of pyridine rings is 1. The molecule has 124 valence electrons. The topological polar surface area (TPSA) is 65.5 Å². The highest BCUT2D eigenvalue weighted by Crippen LogP contribution is 2.18. The van der Waals surface area contributed by atoms with Gasteiger partial charge in [-0.25, -0.2) is 4.98 Å². The number of nitrogens with zero attached hydrogens (tertiary/aromatic N) is 3. The fourth-order valence-corrected chi connectivity index (χ4v) is 2.79. The Balaban J connectivity index is 1.61. The van der Waals surface area contributed by atoms with Crippen molar-refractivity contribution in [2.24, 2.45) is 0 Å². The number of carbonyl (C=O) groups excluding carboxylic acids is 2. The highest BCUT2D eigenvalue weighted by atomic mass is 79.9. The Morgan fingerprint density at radius 2 is 1.79 bits per heavy atom. The summed E-state index contributed by atoms with van der Waals surface area (Å²) in [6.07, 6.45) is 2.63. The Hall–Kier alpha value is -2.41. The smallest absolute Gasteiger partial charge is 0.256 e. The van der Waals surface area contributed by atoms with Gasteiger partial charge in [0.15, 0.2) is 0 Å². The van der Waals surface area contributed by atoms with Gasteiger partial charge in [-0.2, -0.15) is 0 Å². The maximum atomic E-state index is 12.2. The number of carbonyl (C=O) groups is 2. The lowest BCUT2D eigenvalue weighted by Crippen LogP contribution is -2.45. The van der Waals surface area contributed by atoms with Crippen LogP contribution in [-0.2, 0) is 4.79 Å². The fraction of sp³-hybridized carbons (Fsp3) is 0.235. The van der Waals surface area contributed by atoms with Crippen LogP contribution in [0.3, 0.4) is 0 Å². The second-order valence-electron chi connectivity index (χ2n) is 5.49. The van der Waals surface area contributed by atoms with Gasteiger partial charge < -0.3 is 15.1 Å². The number of halogens is 1. The number of hydrogen-bond acceptors (Lipinski definition) is 4. The highest BCUT2D eigenvalue weighted by molar-refractivity contribution is 9.10. The molecule has 1 saturated heterocycles. The molecule has 0 radical (unpaired) electrons. The first-order valence-corrected chi connectivity index (χ1v) is 8.42. The molecule has 1 aromatic heterocycles. The first-order chi connectivity index (χ1) is 11.7. The number of piperazine rings is 1. The SMILES string of the molecule is O=CN1CCN(c2ccc(NC(=O)c3ccc(Br)cc3)nc2)CC1. The standard InChI is InChI=1S/C17H17BrN4O2/c18-14-3-1-13(2-4-14)17(24)20-16-6-5-15(11-19-16)22-9-7-21(12-23)8-10-22/h1-6,11-12H,7-10H2,(H,19,20,24). The van der Waals surface area contributed by atoms with E-state index in [4.69, 9.17) is 0 Å². The van der Waals surface area contributed by atoms with Crippen molar-refractivity contribution in [3.05, 3.63) is 52.6 Å². The van der Waals surface area contributed by atoms with Crippen LogP contribution in [0.4, 0.5) is 11.5 Å². The van der Waals surface area contributed by atoms with E-state index >= 15 is 0 Å². The molecule has 0 aliphatic carbocycles. The average Bonchev–Trinajstić information content (AvgIpc) is 2.63. The fourth-order valence-electron chi connectivity index (χ4n) is 2.52. The summed E-state index contributed by atoms with van der Waals surface area (Å²) in [5.74, 6) is 0.320. The summed E-state index contributed by atoms with van der Waals surface area (Å²) in [7, 11) is 0. The summed E-state index contributed by atoms with van der Waals surface area (Å²) < 4.78 is 0.927. The summed E-state index contributed by atoms with van der Waals surface area (Å²) in [5.41, 5.74) is 1.57. The van der Waals surface area contributed by atoms with Gasteiger partial charge in [-0.15, -0.1) is 0 Å². The van der Waals surface area contributed by atoms with E-state index < -0.39 is 0 Å². The zero-order valence-corrected chi connectivity index (χ0v) is 14.6. The van der Waals surface area contributed by atoms with E-state index in [1.165, 1.54) is 0 Å². The van der Waals surface area contributed by atoms with Crippen molar-refractivity contribution in [1.29, 1.82) is 0 Å². The van der Waals surface area contributed by atoms with Crippen molar-refractivity contribution in [2.75, 3.05) is 36.4 Å². The molecule has 7 heteroatoms. The molecular formula is C17H17BrN4O2. The number of rotatable bonds is 4. The molecule has 2 amide bonds. The summed E-state index contributed by atoms with van der Waals surface area (Å²) in [6.45, 7) is 2.99. The molecule has 2 heterocycles. The van der Waals surface area contributed by atoms with Crippen LogP contribution >= 0.6 is 15.9 Å². The summed E-state index contributed by atoms with van der Waals surface area (Å²) in [4.78, 5) is 31.1. The van der Waals surface area contributed by atoms with Gasteiger partial charge in [-0.05, 0) is 36.4 Å². The van der Waals surface area contributed by atoms with Gasteiger partial charge in [0.2, 0.25) is 6.41 Å². The third-order valence-electron chi connectivity index (χ3n) is 3.92. The molecule has 6 nitrogen and oxygen atoms in total. The number of nitrogens with one attached hydrogen (secondary N) is 1. The van der Waals surface area contributed by atoms with Crippen LogP contribution in [0.15, 0.2) is 47.1 Å². The van der Waals surface area contributed by atoms with Gasteiger partial charge in [0.1, 0.15) is 5.82 Å². The van der Waals surface area contributed by atoms with Gasteiger partial charge in [0, 0.05) is 36.2 Å². The predicted molar refractivity (Wildman–Crippen MR) is 96.2 cm³/mol. The van der Waals surface area contributed by atoms with Crippen molar-refractivity contribution >= 4 is 39.8 Å². The molecule has 1 aromatic carbocycles. The Morgan fingerprint density at radius 1 is 1.08 bits per heavy atom. The Labute approximate surface area is 148 Å². The van der Waals surface area contributed by atoms with Crippen molar-refractivity contribution in [2.45, 2.75) is 0 Å². The number of anilines is 2. The van der Waals surface area contributed by atoms with E-state index in [1.807, 2.05) is 18.2 Å². The molecule has 0 unspecified atom stereocenters. The lowest BCUT2D eigenvalue weighted by atomic mass is 10.2. The maximum absolute atomic E-state index is 12.2. The minimum Gasteiger partial charge on any atom is -0.367 e. The van der Waals surface area contributed by atoms with Crippen LogP contribution in [0.5, 0.6) is 0 Å². The highest BCUT2D eigenvalue weighted by Gasteiger charge is 2.16. The minimum atomic E-state index is -0.192. The van der Waals surface area contributed by atoms with E-state index in [2.05, 4.69) is 31.1 Å². The van der Waals surface area contributed by atoms with Crippen molar-refractivity contribution in [1.82, 2.24) is 9.88 Å². The Morgan fingerprint density at radius 3 is 2.38 bits per heavy atom. The monoisotopic (exact) mass is 388 g/mol. The second kappa shape index (κ2) is 7.44. The third kappa shape index (κ3) is 3.91. The van der Waals surface area contributed by atoms with Crippen molar-refractivity contribution in [3.8, 4) is 0 Å². The van der Waals surface area contributed by atoms with Crippen LogP contribution in [0.25, 0.3) is 0 Å². The lowest BCUT2D eigenvalue weighted by Gasteiger charge is -2.33. The molecule has 0 saturated carbocycles. The van der Waals surface area contributed by atoms with Crippen molar-refractivity contribution < 1.29 is 9.59 Å². The second-order valence-corrected chi connectivity index (χ2v) is 6.41. The summed E-state index contributed by atoms with van der Waals surface area (Å²) in [6, 6.07) is 10.9. The van der Waals surface area contributed by atoms with Crippen LogP contribution in [0.1, 0.15) is 10.4 Å². The van der Waals surface area contributed by atoms with Crippen LogP contribution in [-0.4, -0.2) is 48.4 Å². The van der Waals surface area contributed by atoms with E-state index in [1.54, 1.807) is 29.3 Å². The Kier molecular flexibility index (Phi) is 5.10. The molecule has 0 bridgehead atoms. The molecule has 3 rings (SSSR count). The quantitative estimate of drug-likeness (QED) is 0.816. The van der Waals surface area contributed by atoms with E-state index in [0.29, 0.717) is 24.5 Å². The molecule has 0 atom stereocenters. The zero-order valence-electron chi connectivity index (χ0n) is 13.0. The number of aromatic nitrogens is 1. The first kappa shape index (κ1) is 16.4. The van der Waals surface area contributed by atoms with Crippen LogP contribution in [0.2, 0.25) is 0 Å².